The SMILES string of the molecule is COc1ccccc1-c1nc(C(=O)NNC(=O)C2CCCC2)cs1. The van der Waals surface area contributed by atoms with E-state index in [1.54, 1.807) is 12.5 Å². The van der Waals surface area contributed by atoms with Gasteiger partial charge >= 0.3 is 0 Å². The quantitative estimate of drug-likeness (QED) is 0.835. The Kier molecular flexibility index (Phi) is 5.10. The largest absolute Gasteiger partial charge is 0.496 e. The first-order valence-corrected chi connectivity index (χ1v) is 8.76. The van der Waals surface area contributed by atoms with Gasteiger partial charge in [-0.25, -0.2) is 4.98 Å². The monoisotopic (exact) mass is 345 g/mol. The maximum atomic E-state index is 12.2. The number of aromatic nitrogens is 1. The van der Waals surface area contributed by atoms with Crippen molar-refractivity contribution in [2.75, 3.05) is 7.11 Å². The molecule has 1 aromatic carbocycles. The van der Waals surface area contributed by atoms with E-state index in [0.29, 0.717) is 10.8 Å². The molecule has 1 aromatic heterocycles. The molecule has 2 amide bonds. The second-order valence-electron chi connectivity index (χ2n) is 5.66. The number of nitrogens with one attached hydrogen (secondary N) is 2. The molecule has 2 N–H and O–H groups in total. The van der Waals surface area contributed by atoms with Crippen molar-refractivity contribution < 1.29 is 14.3 Å². The average molecular weight is 345 g/mol. The summed E-state index contributed by atoms with van der Waals surface area (Å²) in [6.07, 6.45) is 3.91. The van der Waals surface area contributed by atoms with E-state index in [1.165, 1.54) is 11.3 Å². The molecule has 1 aliphatic carbocycles. The van der Waals surface area contributed by atoms with E-state index < -0.39 is 5.91 Å². The lowest BCUT2D eigenvalue weighted by Crippen LogP contribution is -2.44. The predicted octanol–water partition coefficient (Wildman–Crippen LogP) is 2.77. The molecule has 2 aromatic rings. The highest BCUT2D eigenvalue weighted by Crippen LogP contribution is 2.31. The van der Waals surface area contributed by atoms with Gasteiger partial charge in [0.15, 0.2) is 0 Å². The number of hydrogen-bond acceptors (Lipinski definition) is 5. The lowest BCUT2D eigenvalue weighted by Gasteiger charge is -2.10. The fourth-order valence-electron chi connectivity index (χ4n) is 2.80. The van der Waals surface area contributed by atoms with Crippen LogP contribution in [-0.4, -0.2) is 23.9 Å². The van der Waals surface area contributed by atoms with Gasteiger partial charge in [-0.3, -0.25) is 20.4 Å². The summed E-state index contributed by atoms with van der Waals surface area (Å²) in [5.74, 6) is 0.165. The van der Waals surface area contributed by atoms with Crippen LogP contribution in [0.5, 0.6) is 5.75 Å². The molecule has 0 aliphatic heterocycles. The van der Waals surface area contributed by atoms with Gasteiger partial charge in [-0.15, -0.1) is 11.3 Å². The molecule has 126 valence electrons. The van der Waals surface area contributed by atoms with Crippen LogP contribution < -0.4 is 15.6 Å². The van der Waals surface area contributed by atoms with E-state index in [4.69, 9.17) is 4.74 Å². The number of rotatable bonds is 4. The Hall–Kier alpha value is -2.41. The predicted molar refractivity (Wildman–Crippen MR) is 91.7 cm³/mol. The van der Waals surface area contributed by atoms with Crippen LogP contribution in [0, 0.1) is 5.92 Å². The molecule has 1 saturated carbocycles. The highest BCUT2D eigenvalue weighted by molar-refractivity contribution is 7.13. The van der Waals surface area contributed by atoms with Gasteiger partial charge in [0.2, 0.25) is 5.91 Å². The minimum atomic E-state index is -0.418. The fourth-order valence-corrected chi connectivity index (χ4v) is 3.63. The summed E-state index contributed by atoms with van der Waals surface area (Å²) in [4.78, 5) is 28.4. The van der Waals surface area contributed by atoms with Gasteiger partial charge in [0.05, 0.1) is 12.7 Å². The van der Waals surface area contributed by atoms with Crippen LogP contribution >= 0.6 is 11.3 Å². The van der Waals surface area contributed by atoms with Crippen molar-refractivity contribution in [3.05, 3.63) is 35.3 Å². The molecule has 0 spiro atoms. The number of para-hydroxylation sites is 1. The van der Waals surface area contributed by atoms with E-state index in [9.17, 15) is 9.59 Å². The van der Waals surface area contributed by atoms with E-state index in [0.717, 1.165) is 31.2 Å². The normalized spacial score (nSPS) is 14.4. The van der Waals surface area contributed by atoms with Crippen LogP contribution in [0.25, 0.3) is 10.6 Å². The standard InChI is InChI=1S/C17H19N3O3S/c1-23-14-9-5-4-8-12(14)17-18-13(10-24-17)16(22)20-19-15(21)11-6-2-3-7-11/h4-5,8-11H,2-3,6-7H2,1H3,(H,19,21)(H,20,22). The van der Waals surface area contributed by atoms with Gasteiger partial charge in [0.1, 0.15) is 16.5 Å². The average Bonchev–Trinajstić information content (AvgIpc) is 3.30. The third kappa shape index (κ3) is 3.56. The molecular weight excluding hydrogens is 326 g/mol. The molecule has 0 atom stereocenters. The molecule has 0 unspecified atom stereocenters. The molecule has 0 saturated heterocycles. The Morgan fingerprint density at radius 3 is 2.71 bits per heavy atom. The molecule has 1 aliphatic rings. The summed E-state index contributed by atoms with van der Waals surface area (Å²) in [6.45, 7) is 0. The summed E-state index contributed by atoms with van der Waals surface area (Å²) in [7, 11) is 1.60. The van der Waals surface area contributed by atoms with E-state index in [-0.39, 0.29) is 17.5 Å². The number of hydrogen-bond donors (Lipinski definition) is 2. The zero-order valence-electron chi connectivity index (χ0n) is 13.4. The Balaban J connectivity index is 1.64. The molecule has 3 rings (SSSR count). The lowest BCUT2D eigenvalue weighted by molar-refractivity contribution is -0.125. The smallest absolute Gasteiger partial charge is 0.289 e. The van der Waals surface area contributed by atoms with Crippen LogP contribution in [0.4, 0.5) is 0 Å². The van der Waals surface area contributed by atoms with Crippen LogP contribution in [0.2, 0.25) is 0 Å². The summed E-state index contributed by atoms with van der Waals surface area (Å²) >= 11 is 1.36. The first-order chi connectivity index (χ1) is 11.7. The molecule has 7 heteroatoms. The molecule has 0 radical (unpaired) electrons. The fraction of sp³-hybridized carbons (Fsp3) is 0.353. The zero-order valence-corrected chi connectivity index (χ0v) is 14.2. The number of benzene rings is 1. The minimum Gasteiger partial charge on any atom is -0.496 e. The number of amides is 2. The number of carbonyl (C=O) groups is 2. The van der Waals surface area contributed by atoms with Gasteiger partial charge < -0.3 is 4.74 Å². The minimum absolute atomic E-state index is 0.00451. The zero-order chi connectivity index (χ0) is 16.9. The Morgan fingerprint density at radius 2 is 1.96 bits per heavy atom. The van der Waals surface area contributed by atoms with Crippen molar-refractivity contribution >= 4 is 23.2 Å². The van der Waals surface area contributed by atoms with Gasteiger partial charge in [-0.2, -0.15) is 0 Å². The van der Waals surface area contributed by atoms with E-state index in [2.05, 4.69) is 15.8 Å². The van der Waals surface area contributed by atoms with Crippen molar-refractivity contribution in [1.82, 2.24) is 15.8 Å². The molecular formula is C17H19N3O3S. The summed E-state index contributed by atoms with van der Waals surface area (Å²) < 4.78 is 5.31. The van der Waals surface area contributed by atoms with Gasteiger partial charge in [-0.05, 0) is 25.0 Å². The lowest BCUT2D eigenvalue weighted by atomic mass is 10.1. The highest BCUT2D eigenvalue weighted by Gasteiger charge is 2.23. The number of thiazole rings is 1. The number of ether oxygens (including phenoxy) is 1. The number of hydrazine groups is 1. The molecule has 1 fully saturated rings. The second kappa shape index (κ2) is 7.44. The van der Waals surface area contributed by atoms with E-state index in [1.807, 2.05) is 24.3 Å². The maximum Gasteiger partial charge on any atom is 0.289 e. The van der Waals surface area contributed by atoms with Crippen LogP contribution in [0.3, 0.4) is 0 Å². The van der Waals surface area contributed by atoms with Crippen LogP contribution in [0.15, 0.2) is 29.6 Å². The highest BCUT2D eigenvalue weighted by atomic mass is 32.1. The van der Waals surface area contributed by atoms with Crippen molar-refractivity contribution in [1.29, 1.82) is 0 Å². The topological polar surface area (TPSA) is 80.3 Å². The van der Waals surface area contributed by atoms with Crippen LogP contribution in [0.1, 0.15) is 36.2 Å². The number of nitrogens with zero attached hydrogens (tertiary/aromatic N) is 1. The summed E-state index contributed by atoms with van der Waals surface area (Å²) in [5, 5.41) is 2.36. The summed E-state index contributed by atoms with van der Waals surface area (Å²) in [6, 6.07) is 7.50. The molecule has 6 nitrogen and oxygen atoms in total. The van der Waals surface area contributed by atoms with Crippen molar-refractivity contribution in [3.63, 3.8) is 0 Å². The van der Waals surface area contributed by atoms with Crippen molar-refractivity contribution in [3.8, 4) is 16.3 Å². The summed E-state index contributed by atoms with van der Waals surface area (Å²) in [5.41, 5.74) is 6.04. The third-order valence-electron chi connectivity index (χ3n) is 4.10. The molecule has 0 bridgehead atoms. The molecule has 24 heavy (non-hydrogen) atoms. The Morgan fingerprint density at radius 1 is 1.21 bits per heavy atom. The molecule has 1 heterocycles. The van der Waals surface area contributed by atoms with Crippen molar-refractivity contribution in [2.45, 2.75) is 25.7 Å². The van der Waals surface area contributed by atoms with Gasteiger partial charge in [0, 0.05) is 11.3 Å². The Bertz CT molecular complexity index is 738. The second-order valence-corrected chi connectivity index (χ2v) is 6.52. The number of carbonyl (C=O) groups excluding carboxylic acids is 2. The Labute approximate surface area is 144 Å². The van der Waals surface area contributed by atoms with Crippen LogP contribution in [-0.2, 0) is 4.79 Å². The van der Waals surface area contributed by atoms with Crippen molar-refractivity contribution in [2.24, 2.45) is 5.92 Å². The van der Waals surface area contributed by atoms with Gasteiger partial charge in [0.25, 0.3) is 5.91 Å². The van der Waals surface area contributed by atoms with Gasteiger partial charge in [-0.1, -0.05) is 25.0 Å². The van der Waals surface area contributed by atoms with E-state index >= 15 is 0 Å². The number of methoxy groups -OCH3 is 1. The third-order valence-corrected chi connectivity index (χ3v) is 4.97. The first-order valence-electron chi connectivity index (χ1n) is 7.88. The maximum absolute atomic E-state index is 12.2. The first kappa shape index (κ1) is 16.4.